The standard InChI is InChI=1S/C45H29N5/c1-2-10-30(11-3-1)31-17-21-34(22-18-31)49-41-15-6-4-12-35(41)37-28-32(19-23-43(37)49)33-20-24-44-38(29-33)36-13-5-7-16-42(36)50(44)45-47-27-25-40(48-45)39-14-8-9-26-46-39/h1-29H. The molecule has 50 heavy (non-hydrogen) atoms. The Labute approximate surface area is 288 Å². The van der Waals surface area contributed by atoms with Crippen LogP contribution in [0.5, 0.6) is 0 Å². The molecule has 0 aliphatic carbocycles. The molecule has 10 rings (SSSR count). The van der Waals surface area contributed by atoms with Gasteiger partial charge in [-0.1, -0.05) is 97.1 Å². The number of benzene rings is 6. The van der Waals surface area contributed by atoms with E-state index >= 15 is 0 Å². The van der Waals surface area contributed by atoms with Gasteiger partial charge in [0.2, 0.25) is 5.95 Å². The van der Waals surface area contributed by atoms with Crippen molar-refractivity contribution in [1.82, 2.24) is 24.1 Å². The molecule has 0 atom stereocenters. The molecule has 10 aromatic rings. The summed E-state index contributed by atoms with van der Waals surface area (Å²) >= 11 is 0. The third kappa shape index (κ3) is 4.52. The zero-order valence-corrected chi connectivity index (χ0v) is 27.0. The van der Waals surface area contributed by atoms with Crippen molar-refractivity contribution in [2.45, 2.75) is 0 Å². The normalized spacial score (nSPS) is 11.6. The van der Waals surface area contributed by atoms with Crippen LogP contribution in [0, 0.1) is 0 Å². The third-order valence-electron chi connectivity index (χ3n) is 9.68. The minimum atomic E-state index is 0.623. The Kier molecular flexibility index (Phi) is 6.42. The van der Waals surface area contributed by atoms with Crippen LogP contribution in [-0.4, -0.2) is 24.1 Å². The Morgan fingerprint density at radius 1 is 0.340 bits per heavy atom. The van der Waals surface area contributed by atoms with Crippen molar-refractivity contribution in [3.8, 4) is 45.3 Å². The summed E-state index contributed by atoms with van der Waals surface area (Å²) < 4.78 is 4.53. The van der Waals surface area contributed by atoms with Gasteiger partial charge in [-0.2, -0.15) is 0 Å². The molecule has 234 valence electrons. The Morgan fingerprint density at radius 2 is 0.900 bits per heavy atom. The van der Waals surface area contributed by atoms with Crippen LogP contribution in [0.1, 0.15) is 0 Å². The van der Waals surface area contributed by atoms with Gasteiger partial charge in [0.1, 0.15) is 0 Å². The van der Waals surface area contributed by atoms with Gasteiger partial charge < -0.3 is 4.57 Å². The van der Waals surface area contributed by atoms with Crippen LogP contribution in [0.2, 0.25) is 0 Å². The summed E-state index contributed by atoms with van der Waals surface area (Å²) in [5, 5.41) is 4.78. The Balaban J connectivity index is 1.10. The van der Waals surface area contributed by atoms with Gasteiger partial charge in [0.05, 0.1) is 33.5 Å². The number of nitrogens with zero attached hydrogens (tertiary/aromatic N) is 5. The molecule has 0 amide bonds. The van der Waals surface area contributed by atoms with Crippen molar-refractivity contribution in [2.24, 2.45) is 0 Å². The molecule has 4 aromatic heterocycles. The van der Waals surface area contributed by atoms with E-state index in [2.05, 4.69) is 154 Å². The van der Waals surface area contributed by atoms with Gasteiger partial charge in [0.15, 0.2) is 0 Å². The number of para-hydroxylation sites is 2. The van der Waals surface area contributed by atoms with Gasteiger partial charge in [-0.25, -0.2) is 9.97 Å². The minimum absolute atomic E-state index is 0.623. The molecule has 0 radical (unpaired) electrons. The van der Waals surface area contributed by atoms with Crippen LogP contribution in [0.4, 0.5) is 0 Å². The van der Waals surface area contributed by atoms with Crippen molar-refractivity contribution in [3.63, 3.8) is 0 Å². The smallest absolute Gasteiger partial charge is 0.235 e. The molecule has 0 aliphatic heterocycles. The largest absolute Gasteiger partial charge is 0.309 e. The van der Waals surface area contributed by atoms with Crippen LogP contribution in [-0.2, 0) is 0 Å². The monoisotopic (exact) mass is 639 g/mol. The number of pyridine rings is 1. The van der Waals surface area contributed by atoms with E-state index in [0.717, 1.165) is 44.4 Å². The third-order valence-corrected chi connectivity index (χ3v) is 9.68. The van der Waals surface area contributed by atoms with E-state index in [4.69, 9.17) is 9.97 Å². The first-order valence-electron chi connectivity index (χ1n) is 16.8. The van der Waals surface area contributed by atoms with Gasteiger partial charge in [-0.15, -0.1) is 0 Å². The number of hydrogen-bond acceptors (Lipinski definition) is 3. The summed E-state index contributed by atoms with van der Waals surface area (Å²) in [5.74, 6) is 0.623. The van der Waals surface area contributed by atoms with E-state index in [0.29, 0.717) is 5.95 Å². The summed E-state index contributed by atoms with van der Waals surface area (Å²) in [6, 6.07) is 57.9. The van der Waals surface area contributed by atoms with E-state index in [1.54, 1.807) is 6.20 Å². The van der Waals surface area contributed by atoms with Crippen LogP contribution in [0.3, 0.4) is 0 Å². The molecular weight excluding hydrogens is 611 g/mol. The molecule has 6 aromatic carbocycles. The number of rotatable bonds is 5. The Morgan fingerprint density at radius 3 is 1.58 bits per heavy atom. The van der Waals surface area contributed by atoms with E-state index in [1.165, 1.54) is 38.5 Å². The molecule has 0 fully saturated rings. The Hall–Kier alpha value is -6.85. The summed E-state index contributed by atoms with van der Waals surface area (Å²) in [7, 11) is 0. The molecule has 0 N–H and O–H groups in total. The maximum atomic E-state index is 4.96. The molecule has 5 nitrogen and oxygen atoms in total. The molecule has 0 unspecified atom stereocenters. The lowest BCUT2D eigenvalue weighted by Crippen LogP contribution is -2.02. The minimum Gasteiger partial charge on any atom is -0.309 e. The highest BCUT2D eigenvalue weighted by Gasteiger charge is 2.17. The van der Waals surface area contributed by atoms with Gasteiger partial charge in [0, 0.05) is 39.6 Å². The lowest BCUT2D eigenvalue weighted by atomic mass is 10.0. The van der Waals surface area contributed by atoms with Gasteiger partial charge in [0.25, 0.3) is 0 Å². The number of aromatic nitrogens is 5. The second kappa shape index (κ2) is 11.4. The maximum absolute atomic E-state index is 4.96. The van der Waals surface area contributed by atoms with Crippen molar-refractivity contribution < 1.29 is 0 Å². The van der Waals surface area contributed by atoms with Gasteiger partial charge >= 0.3 is 0 Å². The first kappa shape index (κ1) is 28.2. The first-order chi connectivity index (χ1) is 24.8. The van der Waals surface area contributed by atoms with Crippen LogP contribution >= 0.6 is 0 Å². The molecular formula is C45H29N5. The highest BCUT2D eigenvalue weighted by Crippen LogP contribution is 2.38. The molecule has 4 heterocycles. The average Bonchev–Trinajstić information content (AvgIpc) is 3.71. The van der Waals surface area contributed by atoms with Crippen LogP contribution in [0.25, 0.3) is 88.9 Å². The highest BCUT2D eigenvalue weighted by atomic mass is 15.2. The van der Waals surface area contributed by atoms with Crippen LogP contribution < -0.4 is 0 Å². The van der Waals surface area contributed by atoms with E-state index in [9.17, 15) is 0 Å². The Bertz CT molecular complexity index is 2850. The van der Waals surface area contributed by atoms with E-state index in [1.807, 2.05) is 30.5 Å². The lowest BCUT2D eigenvalue weighted by Gasteiger charge is -2.10. The second-order valence-electron chi connectivity index (χ2n) is 12.5. The van der Waals surface area contributed by atoms with E-state index < -0.39 is 0 Å². The first-order valence-corrected chi connectivity index (χ1v) is 16.8. The zero-order valence-electron chi connectivity index (χ0n) is 27.0. The highest BCUT2D eigenvalue weighted by molar-refractivity contribution is 6.12. The number of fused-ring (bicyclic) bond motifs is 6. The fraction of sp³-hybridized carbons (Fsp3) is 0. The molecule has 0 saturated carbocycles. The van der Waals surface area contributed by atoms with E-state index in [-0.39, 0.29) is 0 Å². The quantitative estimate of drug-likeness (QED) is 0.188. The zero-order chi connectivity index (χ0) is 33.0. The fourth-order valence-corrected chi connectivity index (χ4v) is 7.35. The predicted octanol–water partition coefficient (Wildman–Crippen LogP) is 11.1. The summed E-state index contributed by atoms with van der Waals surface area (Å²) in [6.45, 7) is 0. The molecule has 0 spiro atoms. The van der Waals surface area contributed by atoms with Crippen molar-refractivity contribution in [3.05, 3.63) is 176 Å². The van der Waals surface area contributed by atoms with Crippen molar-refractivity contribution in [1.29, 1.82) is 0 Å². The summed E-state index contributed by atoms with van der Waals surface area (Å²) in [4.78, 5) is 14.2. The van der Waals surface area contributed by atoms with Gasteiger partial charge in [-0.05, 0) is 89.0 Å². The predicted molar refractivity (Wildman–Crippen MR) is 205 cm³/mol. The second-order valence-corrected chi connectivity index (χ2v) is 12.5. The maximum Gasteiger partial charge on any atom is 0.235 e. The number of hydrogen-bond donors (Lipinski definition) is 0. The molecule has 5 heteroatoms. The summed E-state index contributed by atoms with van der Waals surface area (Å²) in [5.41, 5.74) is 12.0. The fourth-order valence-electron chi connectivity index (χ4n) is 7.35. The molecule has 0 saturated heterocycles. The lowest BCUT2D eigenvalue weighted by molar-refractivity contribution is 0.988. The van der Waals surface area contributed by atoms with Crippen LogP contribution in [0.15, 0.2) is 176 Å². The summed E-state index contributed by atoms with van der Waals surface area (Å²) in [6.07, 6.45) is 3.60. The average molecular weight is 640 g/mol. The van der Waals surface area contributed by atoms with Crippen molar-refractivity contribution >= 4 is 43.6 Å². The topological polar surface area (TPSA) is 48.5 Å². The van der Waals surface area contributed by atoms with Gasteiger partial charge in [-0.3, -0.25) is 9.55 Å². The molecule has 0 aliphatic rings. The SMILES string of the molecule is c1ccc(-c2ccc(-n3c4ccccc4c4cc(-c5ccc6c(c5)c5ccccc5n6-c5nccc(-c6ccccn6)n5)ccc43)cc2)cc1. The molecule has 0 bridgehead atoms. The van der Waals surface area contributed by atoms with Crippen molar-refractivity contribution in [2.75, 3.05) is 0 Å².